The molecule has 0 aliphatic carbocycles. The topological polar surface area (TPSA) is 61.5 Å². The molecule has 0 fully saturated rings. The van der Waals surface area contributed by atoms with Crippen molar-refractivity contribution in [3.63, 3.8) is 0 Å². The number of aryl methyl sites for hydroxylation is 2. The second kappa shape index (κ2) is 8.87. The molecule has 0 radical (unpaired) electrons. The van der Waals surface area contributed by atoms with Gasteiger partial charge in [-0.05, 0) is 51.7 Å². The molecule has 1 amide bonds. The lowest BCUT2D eigenvalue weighted by Gasteiger charge is -2.24. The highest BCUT2D eigenvalue weighted by atomic mass is 35.5. The van der Waals surface area contributed by atoms with Crippen molar-refractivity contribution in [2.45, 2.75) is 20.4 Å². The summed E-state index contributed by atoms with van der Waals surface area (Å²) >= 11 is 5.95. The fourth-order valence-corrected chi connectivity index (χ4v) is 2.57. The molecule has 0 unspecified atom stereocenters. The van der Waals surface area contributed by atoms with E-state index in [0.29, 0.717) is 23.9 Å². The molecule has 6 nitrogen and oxygen atoms in total. The van der Waals surface area contributed by atoms with Gasteiger partial charge in [-0.1, -0.05) is 11.6 Å². The number of amides is 1. The van der Waals surface area contributed by atoms with Crippen LogP contribution in [0, 0.1) is 13.8 Å². The summed E-state index contributed by atoms with van der Waals surface area (Å²) in [4.78, 5) is 23.8. The number of hydrogen-bond acceptors (Lipinski definition) is 4. The van der Waals surface area contributed by atoms with Gasteiger partial charge in [-0.3, -0.25) is 4.79 Å². The number of benzene rings is 1. The molecular formula is C18H25ClN4O2. The normalized spacial score (nSPS) is 11.0. The van der Waals surface area contributed by atoms with Gasteiger partial charge < -0.3 is 19.5 Å². The third kappa shape index (κ3) is 5.76. The molecule has 0 bridgehead atoms. The maximum atomic E-state index is 12.7. The van der Waals surface area contributed by atoms with Crippen molar-refractivity contribution in [2.24, 2.45) is 0 Å². The highest BCUT2D eigenvalue weighted by Gasteiger charge is 2.17. The second-order valence-electron chi connectivity index (χ2n) is 6.29. The molecule has 0 saturated carbocycles. The zero-order valence-electron chi connectivity index (χ0n) is 15.2. The first-order valence-corrected chi connectivity index (χ1v) is 8.55. The number of ether oxygens (including phenoxy) is 1. The summed E-state index contributed by atoms with van der Waals surface area (Å²) in [5.74, 6) is 0.597. The zero-order valence-corrected chi connectivity index (χ0v) is 15.9. The molecule has 0 aliphatic rings. The number of likely N-dealkylation sites (N-methyl/N-ethyl adjacent to an activating group) is 1. The smallest absolute Gasteiger partial charge is 0.260 e. The molecule has 0 saturated heterocycles. The maximum Gasteiger partial charge on any atom is 0.260 e. The summed E-state index contributed by atoms with van der Waals surface area (Å²) in [6.07, 6.45) is 1.65. The summed E-state index contributed by atoms with van der Waals surface area (Å²) in [6, 6.07) is 5.36. The average Bonchev–Trinajstić information content (AvgIpc) is 2.95. The maximum absolute atomic E-state index is 12.7. The van der Waals surface area contributed by atoms with Crippen LogP contribution < -0.4 is 4.74 Å². The number of hydrogen-bond donors (Lipinski definition) is 1. The van der Waals surface area contributed by atoms with Crippen molar-refractivity contribution in [3.8, 4) is 5.75 Å². The molecule has 25 heavy (non-hydrogen) atoms. The molecule has 1 heterocycles. The Labute approximate surface area is 153 Å². The minimum atomic E-state index is -0.0707. The van der Waals surface area contributed by atoms with E-state index in [1.54, 1.807) is 23.4 Å². The lowest BCUT2D eigenvalue weighted by atomic mass is 10.2. The van der Waals surface area contributed by atoms with E-state index in [4.69, 9.17) is 16.3 Å². The zero-order chi connectivity index (χ0) is 18.4. The van der Waals surface area contributed by atoms with E-state index in [9.17, 15) is 4.79 Å². The van der Waals surface area contributed by atoms with Crippen LogP contribution in [-0.2, 0) is 11.3 Å². The number of imidazole rings is 1. The van der Waals surface area contributed by atoms with Crippen LogP contribution in [0.1, 0.15) is 17.0 Å². The number of carbonyl (C=O) groups is 1. The minimum Gasteiger partial charge on any atom is -0.483 e. The molecule has 2 rings (SSSR count). The summed E-state index contributed by atoms with van der Waals surface area (Å²) in [5, 5.41) is 0.651. The molecule has 1 aromatic carbocycles. The number of halogens is 1. The molecule has 136 valence electrons. The van der Waals surface area contributed by atoms with Crippen LogP contribution in [0.25, 0.3) is 0 Å². The summed E-state index contributed by atoms with van der Waals surface area (Å²) in [5.41, 5.74) is 2.75. The van der Waals surface area contributed by atoms with Gasteiger partial charge in [-0.15, -0.1) is 0 Å². The van der Waals surface area contributed by atoms with Gasteiger partial charge in [0.25, 0.3) is 5.91 Å². The Kier molecular flexibility index (Phi) is 6.84. The van der Waals surface area contributed by atoms with Crippen LogP contribution in [-0.4, -0.2) is 59.5 Å². The van der Waals surface area contributed by atoms with E-state index in [2.05, 4.69) is 9.97 Å². The monoisotopic (exact) mass is 364 g/mol. The van der Waals surface area contributed by atoms with E-state index in [1.807, 2.05) is 38.9 Å². The Morgan fingerprint density at radius 3 is 2.64 bits per heavy atom. The lowest BCUT2D eigenvalue weighted by Crippen LogP contribution is -2.39. The summed E-state index contributed by atoms with van der Waals surface area (Å²) in [6.45, 7) is 5.69. The molecule has 1 N–H and O–H groups in total. The number of aromatic nitrogens is 2. The van der Waals surface area contributed by atoms with Crippen LogP contribution in [0.4, 0.5) is 0 Å². The molecule has 2 aromatic rings. The van der Waals surface area contributed by atoms with Gasteiger partial charge in [0.05, 0.1) is 18.6 Å². The van der Waals surface area contributed by atoms with Gasteiger partial charge in [-0.2, -0.15) is 0 Å². The molecule has 7 heteroatoms. The standard InChI is InChI=1S/C18H25ClN4O2/c1-13-9-15(19)5-6-17(13)25-11-18(24)23(8-7-22(3)4)10-16-14(2)20-12-21-16/h5-6,9,12H,7-8,10-11H2,1-4H3,(H,20,21). The van der Waals surface area contributed by atoms with Crippen LogP contribution in [0.3, 0.4) is 0 Å². The van der Waals surface area contributed by atoms with Gasteiger partial charge in [0, 0.05) is 23.8 Å². The SMILES string of the molecule is Cc1cc(Cl)ccc1OCC(=O)N(CCN(C)C)Cc1nc[nH]c1C. The van der Waals surface area contributed by atoms with Gasteiger partial charge in [0.2, 0.25) is 0 Å². The number of nitrogens with zero attached hydrogens (tertiary/aromatic N) is 3. The lowest BCUT2D eigenvalue weighted by molar-refractivity contribution is -0.134. The fourth-order valence-electron chi connectivity index (χ4n) is 2.35. The molecule has 1 aromatic heterocycles. The van der Waals surface area contributed by atoms with E-state index in [1.165, 1.54) is 0 Å². The number of H-pyrrole nitrogens is 1. The number of rotatable bonds is 8. The predicted octanol–water partition coefficient (Wildman–Crippen LogP) is 2.65. The molecule has 0 spiro atoms. The Hall–Kier alpha value is -2.05. The average molecular weight is 365 g/mol. The number of aromatic amines is 1. The Balaban J connectivity index is 2.02. The van der Waals surface area contributed by atoms with Crippen LogP contribution in [0.5, 0.6) is 5.75 Å². The quantitative estimate of drug-likeness (QED) is 0.782. The predicted molar refractivity (Wildman–Crippen MR) is 99.0 cm³/mol. The van der Waals surface area contributed by atoms with Crippen molar-refractivity contribution in [3.05, 3.63) is 46.5 Å². The largest absolute Gasteiger partial charge is 0.483 e. The third-order valence-corrected chi connectivity index (χ3v) is 4.17. The van der Waals surface area contributed by atoms with Crippen LogP contribution >= 0.6 is 11.6 Å². The highest BCUT2D eigenvalue weighted by Crippen LogP contribution is 2.21. The van der Waals surface area contributed by atoms with Crippen molar-refractivity contribution in [2.75, 3.05) is 33.8 Å². The molecule has 0 aliphatic heterocycles. The van der Waals surface area contributed by atoms with E-state index >= 15 is 0 Å². The van der Waals surface area contributed by atoms with Crippen molar-refractivity contribution in [1.82, 2.24) is 19.8 Å². The first-order chi connectivity index (χ1) is 11.9. The fraction of sp³-hybridized carbons (Fsp3) is 0.444. The highest BCUT2D eigenvalue weighted by molar-refractivity contribution is 6.30. The third-order valence-electron chi connectivity index (χ3n) is 3.93. The Bertz CT molecular complexity index is 715. The molecule has 0 atom stereocenters. The van der Waals surface area contributed by atoms with Gasteiger partial charge in [-0.25, -0.2) is 4.98 Å². The summed E-state index contributed by atoms with van der Waals surface area (Å²) < 4.78 is 5.70. The number of nitrogens with one attached hydrogen (secondary N) is 1. The van der Waals surface area contributed by atoms with Crippen LogP contribution in [0.2, 0.25) is 5.02 Å². The number of carbonyl (C=O) groups excluding carboxylic acids is 1. The second-order valence-corrected chi connectivity index (χ2v) is 6.73. The Morgan fingerprint density at radius 1 is 1.28 bits per heavy atom. The first-order valence-electron chi connectivity index (χ1n) is 8.17. The van der Waals surface area contributed by atoms with E-state index in [-0.39, 0.29) is 12.5 Å². The Morgan fingerprint density at radius 2 is 2.04 bits per heavy atom. The van der Waals surface area contributed by atoms with E-state index in [0.717, 1.165) is 23.5 Å². The summed E-state index contributed by atoms with van der Waals surface area (Å²) in [7, 11) is 3.96. The van der Waals surface area contributed by atoms with Crippen molar-refractivity contribution < 1.29 is 9.53 Å². The van der Waals surface area contributed by atoms with Crippen LogP contribution in [0.15, 0.2) is 24.5 Å². The van der Waals surface area contributed by atoms with Gasteiger partial charge >= 0.3 is 0 Å². The van der Waals surface area contributed by atoms with Gasteiger partial charge in [0.1, 0.15) is 5.75 Å². The van der Waals surface area contributed by atoms with Gasteiger partial charge in [0.15, 0.2) is 6.61 Å². The van der Waals surface area contributed by atoms with Crippen molar-refractivity contribution >= 4 is 17.5 Å². The first kappa shape index (κ1) is 19.3. The van der Waals surface area contributed by atoms with Crippen molar-refractivity contribution in [1.29, 1.82) is 0 Å². The van der Waals surface area contributed by atoms with E-state index < -0.39 is 0 Å². The minimum absolute atomic E-state index is 0.0145. The molecular weight excluding hydrogens is 340 g/mol.